The first-order chi connectivity index (χ1) is 8.66. The highest BCUT2D eigenvalue weighted by atomic mass is 35.5. The van der Waals surface area contributed by atoms with Crippen molar-refractivity contribution in [1.82, 2.24) is 10.3 Å². The van der Waals surface area contributed by atoms with Crippen molar-refractivity contribution in [2.45, 2.75) is 13.3 Å². The summed E-state index contributed by atoms with van der Waals surface area (Å²) in [4.78, 5) is 16.8. The van der Waals surface area contributed by atoms with E-state index < -0.39 is 0 Å². The van der Waals surface area contributed by atoms with Crippen molar-refractivity contribution in [3.8, 4) is 0 Å². The van der Waals surface area contributed by atoms with Crippen LogP contribution in [0.25, 0.3) is 0 Å². The Morgan fingerprint density at radius 1 is 1.39 bits per heavy atom. The maximum Gasteiger partial charge on any atom is 0.271 e. The van der Waals surface area contributed by atoms with Gasteiger partial charge in [0.2, 0.25) is 0 Å². The summed E-state index contributed by atoms with van der Waals surface area (Å²) in [5, 5.41) is 3.58. The van der Waals surface area contributed by atoms with Crippen LogP contribution in [0.5, 0.6) is 0 Å². The van der Waals surface area contributed by atoms with E-state index >= 15 is 0 Å². The Balaban J connectivity index is 1.84. The van der Waals surface area contributed by atoms with Gasteiger partial charge in [0, 0.05) is 16.4 Å². The molecule has 0 unspecified atom stereocenters. The zero-order chi connectivity index (χ0) is 13.0. The summed E-state index contributed by atoms with van der Waals surface area (Å²) in [6, 6.07) is 7.62. The van der Waals surface area contributed by atoms with Gasteiger partial charge in [-0.15, -0.1) is 11.3 Å². The van der Waals surface area contributed by atoms with Crippen LogP contribution in [-0.4, -0.2) is 17.4 Å². The molecule has 1 amide bonds. The van der Waals surface area contributed by atoms with Gasteiger partial charge in [-0.2, -0.15) is 0 Å². The van der Waals surface area contributed by atoms with E-state index in [2.05, 4.69) is 10.3 Å². The topological polar surface area (TPSA) is 42.0 Å². The number of aromatic nitrogens is 1. The zero-order valence-electron chi connectivity index (χ0n) is 9.94. The largest absolute Gasteiger partial charge is 0.350 e. The summed E-state index contributed by atoms with van der Waals surface area (Å²) >= 11 is 7.28. The molecule has 1 heterocycles. The Bertz CT molecular complexity index is 536. The van der Waals surface area contributed by atoms with Crippen LogP contribution >= 0.6 is 22.9 Å². The van der Waals surface area contributed by atoms with Crippen LogP contribution in [0.1, 0.15) is 20.9 Å². The Kier molecular flexibility index (Phi) is 4.33. The van der Waals surface area contributed by atoms with Gasteiger partial charge in [0.25, 0.3) is 5.91 Å². The van der Waals surface area contributed by atoms with Gasteiger partial charge in [-0.1, -0.05) is 23.7 Å². The number of hydrogen-bond acceptors (Lipinski definition) is 3. The van der Waals surface area contributed by atoms with Crippen LogP contribution in [0.4, 0.5) is 0 Å². The zero-order valence-corrected chi connectivity index (χ0v) is 11.5. The highest BCUT2D eigenvalue weighted by Crippen LogP contribution is 2.11. The third kappa shape index (κ3) is 3.31. The van der Waals surface area contributed by atoms with Crippen LogP contribution in [0.3, 0.4) is 0 Å². The van der Waals surface area contributed by atoms with E-state index in [9.17, 15) is 4.79 Å². The molecule has 0 aliphatic carbocycles. The maximum atomic E-state index is 11.8. The predicted molar refractivity (Wildman–Crippen MR) is 74.3 cm³/mol. The van der Waals surface area contributed by atoms with Crippen molar-refractivity contribution in [1.29, 1.82) is 0 Å². The summed E-state index contributed by atoms with van der Waals surface area (Å²) < 4.78 is 0. The van der Waals surface area contributed by atoms with E-state index in [1.54, 1.807) is 5.51 Å². The molecule has 0 bridgehead atoms. The number of benzene rings is 1. The molecule has 2 rings (SSSR count). The van der Waals surface area contributed by atoms with Gasteiger partial charge in [-0.05, 0) is 31.0 Å². The third-order valence-electron chi connectivity index (χ3n) is 2.57. The molecule has 94 valence electrons. The molecule has 0 saturated heterocycles. The number of halogens is 1. The van der Waals surface area contributed by atoms with Gasteiger partial charge >= 0.3 is 0 Å². The molecule has 1 aromatic carbocycles. The number of nitrogens with zero attached hydrogens (tertiary/aromatic N) is 1. The van der Waals surface area contributed by atoms with Crippen molar-refractivity contribution in [3.63, 3.8) is 0 Å². The summed E-state index contributed by atoms with van der Waals surface area (Å²) in [5.74, 6) is -0.109. The lowest BCUT2D eigenvalue weighted by atomic mass is 10.1. The van der Waals surface area contributed by atoms with Gasteiger partial charge in [-0.25, -0.2) is 4.98 Å². The fourth-order valence-electron chi connectivity index (χ4n) is 1.58. The van der Waals surface area contributed by atoms with Gasteiger partial charge < -0.3 is 5.32 Å². The van der Waals surface area contributed by atoms with E-state index in [0.717, 1.165) is 21.9 Å². The third-order valence-corrected chi connectivity index (χ3v) is 3.58. The Morgan fingerprint density at radius 2 is 2.11 bits per heavy atom. The molecule has 0 aliphatic rings. The second-order valence-corrected chi connectivity index (χ2v) is 5.38. The molecule has 2 aromatic rings. The summed E-state index contributed by atoms with van der Waals surface area (Å²) in [6.45, 7) is 2.49. The van der Waals surface area contributed by atoms with Crippen LogP contribution in [-0.2, 0) is 6.42 Å². The van der Waals surface area contributed by atoms with Crippen LogP contribution in [0.15, 0.2) is 29.8 Å². The fourth-order valence-corrected chi connectivity index (χ4v) is 2.28. The second kappa shape index (κ2) is 5.98. The summed E-state index contributed by atoms with van der Waals surface area (Å²) in [7, 11) is 0. The number of aryl methyl sites for hydroxylation is 1. The molecule has 5 heteroatoms. The van der Waals surface area contributed by atoms with Gasteiger partial charge in [0.15, 0.2) is 0 Å². The minimum absolute atomic E-state index is 0.109. The number of thiazole rings is 1. The van der Waals surface area contributed by atoms with E-state index in [0.29, 0.717) is 12.2 Å². The van der Waals surface area contributed by atoms with E-state index in [1.807, 2.05) is 31.2 Å². The average molecular weight is 281 g/mol. The summed E-state index contributed by atoms with van der Waals surface area (Å²) in [6.07, 6.45) is 0.784. The molecular weight excluding hydrogens is 268 g/mol. The molecule has 3 nitrogen and oxygen atoms in total. The fraction of sp³-hybridized carbons (Fsp3) is 0.231. The lowest BCUT2D eigenvalue weighted by molar-refractivity contribution is 0.0949. The molecular formula is C13H13ClN2OS. The van der Waals surface area contributed by atoms with Crippen molar-refractivity contribution in [2.75, 3.05) is 6.54 Å². The summed E-state index contributed by atoms with van der Waals surface area (Å²) in [5.41, 5.74) is 3.36. The maximum absolute atomic E-state index is 11.8. The van der Waals surface area contributed by atoms with E-state index in [4.69, 9.17) is 11.6 Å². The van der Waals surface area contributed by atoms with Crippen molar-refractivity contribution >= 4 is 28.8 Å². The smallest absolute Gasteiger partial charge is 0.271 e. The Labute approximate surface area is 115 Å². The molecule has 0 spiro atoms. The molecule has 0 atom stereocenters. The van der Waals surface area contributed by atoms with Gasteiger partial charge in [0.1, 0.15) is 5.69 Å². The monoisotopic (exact) mass is 280 g/mol. The number of rotatable bonds is 4. The SMILES string of the molecule is Cc1scnc1C(=O)NCCc1ccc(Cl)cc1. The lowest BCUT2D eigenvalue weighted by Gasteiger charge is -2.04. The first-order valence-electron chi connectivity index (χ1n) is 5.59. The van der Waals surface area contributed by atoms with Crippen LogP contribution < -0.4 is 5.32 Å². The van der Waals surface area contributed by atoms with Gasteiger partial charge in [0.05, 0.1) is 5.51 Å². The number of carbonyl (C=O) groups excluding carboxylic acids is 1. The second-order valence-electron chi connectivity index (χ2n) is 3.89. The number of carbonyl (C=O) groups is 1. The number of nitrogens with one attached hydrogen (secondary N) is 1. The Morgan fingerprint density at radius 3 is 2.72 bits per heavy atom. The molecule has 0 aliphatic heterocycles. The molecule has 0 saturated carbocycles. The minimum Gasteiger partial charge on any atom is -0.350 e. The van der Waals surface area contributed by atoms with Crippen molar-refractivity contribution in [3.05, 3.63) is 50.9 Å². The highest BCUT2D eigenvalue weighted by Gasteiger charge is 2.10. The normalized spacial score (nSPS) is 10.3. The quantitative estimate of drug-likeness (QED) is 0.935. The number of amides is 1. The van der Waals surface area contributed by atoms with Gasteiger partial charge in [-0.3, -0.25) is 4.79 Å². The molecule has 18 heavy (non-hydrogen) atoms. The average Bonchev–Trinajstić information content (AvgIpc) is 2.78. The molecule has 0 fully saturated rings. The number of hydrogen-bond donors (Lipinski definition) is 1. The van der Waals surface area contributed by atoms with Crippen LogP contribution in [0.2, 0.25) is 5.02 Å². The Hall–Kier alpha value is -1.39. The molecule has 0 radical (unpaired) electrons. The molecule has 1 N–H and O–H groups in total. The minimum atomic E-state index is -0.109. The lowest BCUT2D eigenvalue weighted by Crippen LogP contribution is -2.26. The van der Waals surface area contributed by atoms with E-state index in [1.165, 1.54) is 11.3 Å². The van der Waals surface area contributed by atoms with Crippen molar-refractivity contribution in [2.24, 2.45) is 0 Å². The predicted octanol–water partition coefficient (Wildman–Crippen LogP) is 3.08. The van der Waals surface area contributed by atoms with E-state index in [-0.39, 0.29) is 5.91 Å². The first kappa shape index (κ1) is 13.1. The first-order valence-corrected chi connectivity index (χ1v) is 6.85. The van der Waals surface area contributed by atoms with Crippen molar-refractivity contribution < 1.29 is 4.79 Å². The standard InChI is InChI=1S/C13H13ClN2OS/c1-9-12(16-8-18-9)13(17)15-7-6-10-2-4-11(14)5-3-10/h2-5,8H,6-7H2,1H3,(H,15,17). The molecule has 1 aromatic heterocycles. The highest BCUT2D eigenvalue weighted by molar-refractivity contribution is 7.09. The van der Waals surface area contributed by atoms with Crippen LogP contribution in [0, 0.1) is 6.92 Å².